The lowest BCUT2D eigenvalue weighted by molar-refractivity contribution is -0.152. The van der Waals surface area contributed by atoms with Gasteiger partial charge < -0.3 is 19.7 Å². The molecule has 9 nitrogen and oxygen atoms in total. The fourth-order valence-corrected chi connectivity index (χ4v) is 5.49. The summed E-state index contributed by atoms with van der Waals surface area (Å²) in [5, 5.41) is 7.95. The molecule has 1 aromatic rings. The van der Waals surface area contributed by atoms with E-state index in [0.29, 0.717) is 57.7 Å². The van der Waals surface area contributed by atoms with Crippen molar-refractivity contribution in [2.75, 3.05) is 39.5 Å². The van der Waals surface area contributed by atoms with E-state index in [1.807, 2.05) is 11.6 Å². The first kappa shape index (κ1) is 24.7. The summed E-state index contributed by atoms with van der Waals surface area (Å²) in [5.41, 5.74) is 2.69. The first-order valence-corrected chi connectivity index (χ1v) is 12.7. The van der Waals surface area contributed by atoms with Gasteiger partial charge in [-0.15, -0.1) is 0 Å². The van der Waals surface area contributed by atoms with Crippen LogP contribution in [0.2, 0.25) is 0 Å². The molecule has 188 valence electrons. The molecule has 0 bridgehead atoms. The Labute approximate surface area is 201 Å². The van der Waals surface area contributed by atoms with Crippen molar-refractivity contribution in [3.8, 4) is 0 Å². The number of hydrogen-bond acceptors (Lipinski definition) is 6. The summed E-state index contributed by atoms with van der Waals surface area (Å²) >= 11 is 0. The Morgan fingerprint density at radius 3 is 2.62 bits per heavy atom. The van der Waals surface area contributed by atoms with Crippen molar-refractivity contribution in [3.63, 3.8) is 0 Å². The lowest BCUT2D eigenvalue weighted by Crippen LogP contribution is -2.40. The van der Waals surface area contributed by atoms with E-state index >= 15 is 0 Å². The molecule has 2 amide bonds. The second kappa shape index (κ2) is 10.5. The molecule has 34 heavy (non-hydrogen) atoms. The maximum absolute atomic E-state index is 13.0. The number of amides is 2. The van der Waals surface area contributed by atoms with Crippen LogP contribution in [0.4, 0.5) is 0 Å². The number of fused-ring (bicyclic) bond motifs is 1. The molecule has 0 aromatic carbocycles. The molecule has 1 aromatic heterocycles. The van der Waals surface area contributed by atoms with Gasteiger partial charge in [-0.3, -0.25) is 19.1 Å². The van der Waals surface area contributed by atoms with Gasteiger partial charge in [-0.1, -0.05) is 6.92 Å². The zero-order chi connectivity index (χ0) is 24.3. The Morgan fingerprint density at radius 2 is 1.97 bits per heavy atom. The average Bonchev–Trinajstić information content (AvgIpc) is 3.11. The van der Waals surface area contributed by atoms with Gasteiger partial charge in [0.2, 0.25) is 5.91 Å². The number of carbonyl (C=O) groups is 3. The Kier molecular flexibility index (Phi) is 7.60. The van der Waals surface area contributed by atoms with Crippen LogP contribution in [0.3, 0.4) is 0 Å². The second-order valence-electron chi connectivity index (χ2n) is 10.3. The third-order valence-corrected chi connectivity index (χ3v) is 7.70. The molecule has 3 aliphatic rings. The molecule has 4 rings (SSSR count). The molecule has 0 radical (unpaired) electrons. The Morgan fingerprint density at radius 1 is 1.26 bits per heavy atom. The number of nitrogens with zero attached hydrogens (tertiary/aromatic N) is 3. The van der Waals surface area contributed by atoms with Crippen molar-refractivity contribution in [2.45, 2.75) is 65.8 Å². The molecular weight excluding hydrogens is 436 g/mol. The number of likely N-dealkylation sites (tertiary alicyclic amines) is 1. The zero-order valence-electron chi connectivity index (χ0n) is 20.7. The smallest absolute Gasteiger partial charge is 0.309 e. The summed E-state index contributed by atoms with van der Waals surface area (Å²) in [7, 11) is 0. The number of carbonyl (C=O) groups excluding carboxylic acids is 3. The minimum Gasteiger partial charge on any atom is -0.465 e. The van der Waals surface area contributed by atoms with E-state index in [9.17, 15) is 14.4 Å². The SMILES string of the molecule is CCn1nc(C[C@@H](C)COC(=O)C2CCN(C(C)=O)CC2)c2c1C(=O)NCC1(CCOCC1)C2. The van der Waals surface area contributed by atoms with E-state index < -0.39 is 0 Å². The topological polar surface area (TPSA) is 103 Å². The number of hydrogen-bond donors (Lipinski definition) is 1. The minimum absolute atomic E-state index is 0.0138. The molecule has 0 unspecified atom stereocenters. The Balaban J connectivity index is 1.40. The number of aryl methyl sites for hydroxylation is 1. The Hall–Kier alpha value is -2.42. The molecule has 1 spiro atoms. The monoisotopic (exact) mass is 474 g/mol. The number of aromatic nitrogens is 2. The van der Waals surface area contributed by atoms with Crippen molar-refractivity contribution in [3.05, 3.63) is 17.0 Å². The van der Waals surface area contributed by atoms with E-state index in [1.54, 1.807) is 11.8 Å². The van der Waals surface area contributed by atoms with E-state index in [2.05, 4.69) is 12.2 Å². The molecule has 1 N–H and O–H groups in total. The number of rotatable bonds is 6. The van der Waals surface area contributed by atoms with Gasteiger partial charge in [0.25, 0.3) is 5.91 Å². The van der Waals surface area contributed by atoms with Gasteiger partial charge in [0.05, 0.1) is 18.2 Å². The highest BCUT2D eigenvalue weighted by atomic mass is 16.5. The van der Waals surface area contributed by atoms with Crippen LogP contribution in [-0.2, 0) is 38.4 Å². The third kappa shape index (κ3) is 5.29. The third-order valence-electron chi connectivity index (χ3n) is 7.70. The summed E-state index contributed by atoms with van der Waals surface area (Å²) in [6, 6.07) is 0. The van der Waals surface area contributed by atoms with Crippen LogP contribution in [0.25, 0.3) is 0 Å². The molecular formula is C25H38N4O5. The van der Waals surface area contributed by atoms with E-state index in [4.69, 9.17) is 14.6 Å². The maximum atomic E-state index is 13.0. The normalized spacial score (nSPS) is 21.5. The van der Waals surface area contributed by atoms with Crippen molar-refractivity contribution in [1.82, 2.24) is 20.0 Å². The first-order valence-electron chi connectivity index (χ1n) is 12.7. The lowest BCUT2D eigenvalue weighted by atomic mass is 9.75. The van der Waals surface area contributed by atoms with Gasteiger partial charge in [-0.25, -0.2) is 0 Å². The lowest BCUT2D eigenvalue weighted by Gasteiger charge is -2.36. The quantitative estimate of drug-likeness (QED) is 0.633. The molecule has 4 heterocycles. The van der Waals surface area contributed by atoms with Crippen molar-refractivity contribution >= 4 is 17.8 Å². The average molecular weight is 475 g/mol. The summed E-state index contributed by atoms with van der Waals surface area (Å²) < 4.78 is 13.1. The van der Waals surface area contributed by atoms with Crippen molar-refractivity contribution in [1.29, 1.82) is 0 Å². The second-order valence-corrected chi connectivity index (χ2v) is 10.3. The van der Waals surface area contributed by atoms with Gasteiger partial charge in [0, 0.05) is 51.9 Å². The van der Waals surface area contributed by atoms with Gasteiger partial charge in [0.15, 0.2) is 0 Å². The van der Waals surface area contributed by atoms with Gasteiger partial charge in [-0.05, 0) is 56.8 Å². The molecule has 2 fully saturated rings. The highest BCUT2D eigenvalue weighted by molar-refractivity contribution is 5.94. The Bertz CT molecular complexity index is 913. The summed E-state index contributed by atoms with van der Waals surface area (Å²) in [6.07, 6.45) is 4.65. The molecule has 2 saturated heterocycles. The molecule has 3 aliphatic heterocycles. The van der Waals surface area contributed by atoms with Gasteiger partial charge >= 0.3 is 5.97 Å². The number of ether oxygens (including phenoxy) is 2. The number of esters is 1. The standard InChI is InChI=1S/C25H38N4O5/c1-4-29-22-20(14-25(16-26-23(22)31)7-11-33-12-8-25)21(27-29)13-17(2)15-34-24(32)19-5-9-28(10-6-19)18(3)30/h17,19H,4-16H2,1-3H3,(H,26,31)/t17-/m1/s1. The molecule has 1 atom stereocenters. The predicted molar refractivity (Wildman–Crippen MR) is 125 cm³/mol. The number of piperidine rings is 1. The molecule has 0 saturated carbocycles. The van der Waals surface area contributed by atoms with Gasteiger partial charge in [0.1, 0.15) is 5.69 Å². The van der Waals surface area contributed by atoms with Crippen LogP contribution in [0.1, 0.15) is 68.2 Å². The molecule has 0 aliphatic carbocycles. The number of nitrogens with one attached hydrogen (secondary N) is 1. The maximum Gasteiger partial charge on any atom is 0.309 e. The zero-order valence-corrected chi connectivity index (χ0v) is 20.7. The van der Waals surface area contributed by atoms with Crippen molar-refractivity contribution in [2.24, 2.45) is 17.3 Å². The van der Waals surface area contributed by atoms with Gasteiger partial charge in [-0.2, -0.15) is 5.10 Å². The highest BCUT2D eigenvalue weighted by Gasteiger charge is 2.40. The summed E-state index contributed by atoms with van der Waals surface area (Å²) in [5.74, 6) is -0.219. The summed E-state index contributed by atoms with van der Waals surface area (Å²) in [6.45, 7) is 9.92. The largest absolute Gasteiger partial charge is 0.465 e. The van der Waals surface area contributed by atoms with Crippen LogP contribution in [0, 0.1) is 17.3 Å². The highest BCUT2D eigenvalue weighted by Crippen LogP contribution is 2.38. The van der Waals surface area contributed by atoms with E-state index in [1.165, 1.54) is 0 Å². The van der Waals surface area contributed by atoms with E-state index in [0.717, 1.165) is 43.7 Å². The predicted octanol–water partition coefficient (Wildman–Crippen LogP) is 1.97. The van der Waals surface area contributed by atoms with E-state index in [-0.39, 0.29) is 35.0 Å². The minimum atomic E-state index is -0.173. The fourth-order valence-electron chi connectivity index (χ4n) is 5.49. The van der Waals surface area contributed by atoms with Crippen LogP contribution in [0.15, 0.2) is 0 Å². The van der Waals surface area contributed by atoms with Crippen LogP contribution >= 0.6 is 0 Å². The fraction of sp³-hybridized carbons (Fsp3) is 0.760. The summed E-state index contributed by atoms with van der Waals surface area (Å²) in [4.78, 5) is 38.8. The van der Waals surface area contributed by atoms with Crippen LogP contribution in [0.5, 0.6) is 0 Å². The first-order chi connectivity index (χ1) is 16.3. The van der Waals surface area contributed by atoms with Crippen LogP contribution < -0.4 is 5.32 Å². The molecule has 9 heteroatoms. The van der Waals surface area contributed by atoms with Crippen LogP contribution in [-0.4, -0.2) is 71.9 Å². The van der Waals surface area contributed by atoms with Crippen molar-refractivity contribution < 1.29 is 23.9 Å².